The maximum Gasteiger partial charge on any atom is 0.0414 e. The Balaban J connectivity index is 1.38. The van der Waals surface area contributed by atoms with E-state index in [1.807, 2.05) is 0 Å². The number of fused-ring (bicyclic) bond motifs is 4. The van der Waals surface area contributed by atoms with Crippen molar-refractivity contribution in [1.82, 2.24) is 0 Å². The smallest absolute Gasteiger partial charge is 0.0414 e. The summed E-state index contributed by atoms with van der Waals surface area (Å²) in [5.41, 5.74) is 10.4. The summed E-state index contributed by atoms with van der Waals surface area (Å²) in [6, 6.07) is 39.8. The molecule has 0 fully saturated rings. The molecule has 0 aliphatic heterocycles. The molecule has 1 aliphatic carbocycles. The molecule has 0 saturated heterocycles. The van der Waals surface area contributed by atoms with Crippen LogP contribution in [0, 0.1) is 0 Å². The molecule has 0 spiro atoms. The van der Waals surface area contributed by atoms with Gasteiger partial charge in [-0.25, -0.2) is 0 Å². The maximum atomic E-state index is 2.37. The molecule has 0 saturated carbocycles. The third-order valence-electron chi connectivity index (χ3n) is 7.27. The van der Waals surface area contributed by atoms with Gasteiger partial charge in [0.1, 0.15) is 0 Å². The molecule has 33 heavy (non-hydrogen) atoms. The molecule has 0 heterocycles. The Morgan fingerprint density at radius 3 is 2.09 bits per heavy atom. The van der Waals surface area contributed by atoms with Crippen LogP contribution in [-0.4, -0.2) is 7.05 Å². The van der Waals surface area contributed by atoms with E-state index in [2.05, 4.69) is 135 Å². The monoisotopic (exact) mass is 425 g/mol. The standard InChI is InChI=1S/C32H27N/c1-32(2)30-14-7-6-13-28(30)29-18-17-27(21-31(29)32)33(3)26-12-8-11-24(20-26)25-16-15-22-9-4-5-10-23(22)19-25/h4-21H,1-3H3. The summed E-state index contributed by atoms with van der Waals surface area (Å²) < 4.78 is 0. The molecule has 1 nitrogen and oxygen atoms in total. The highest BCUT2D eigenvalue weighted by molar-refractivity contribution is 5.88. The van der Waals surface area contributed by atoms with E-state index >= 15 is 0 Å². The molecule has 0 radical (unpaired) electrons. The van der Waals surface area contributed by atoms with Crippen LogP contribution in [0.4, 0.5) is 11.4 Å². The van der Waals surface area contributed by atoms with Gasteiger partial charge in [0.05, 0.1) is 0 Å². The largest absolute Gasteiger partial charge is 0.345 e. The van der Waals surface area contributed by atoms with Crippen LogP contribution in [0.25, 0.3) is 33.0 Å². The van der Waals surface area contributed by atoms with Gasteiger partial charge in [0.15, 0.2) is 0 Å². The molecule has 0 N–H and O–H groups in total. The molecule has 1 heteroatoms. The molecule has 6 rings (SSSR count). The number of hydrogen-bond donors (Lipinski definition) is 0. The third kappa shape index (κ3) is 3.15. The number of rotatable bonds is 3. The van der Waals surface area contributed by atoms with Crippen LogP contribution in [-0.2, 0) is 5.41 Å². The van der Waals surface area contributed by atoms with Crippen LogP contribution in [0.2, 0.25) is 0 Å². The molecule has 0 atom stereocenters. The van der Waals surface area contributed by atoms with Crippen molar-refractivity contribution in [3.8, 4) is 22.3 Å². The lowest BCUT2D eigenvalue weighted by Crippen LogP contribution is -2.16. The highest BCUT2D eigenvalue weighted by Gasteiger charge is 2.35. The summed E-state index contributed by atoms with van der Waals surface area (Å²) in [6.07, 6.45) is 0. The Bertz CT molecular complexity index is 1510. The van der Waals surface area contributed by atoms with Gasteiger partial charge in [-0.15, -0.1) is 0 Å². The minimum atomic E-state index is 0.00964. The van der Waals surface area contributed by atoms with Crippen LogP contribution >= 0.6 is 0 Å². The first-order valence-electron chi connectivity index (χ1n) is 11.6. The number of benzene rings is 5. The van der Waals surface area contributed by atoms with Crippen molar-refractivity contribution in [2.45, 2.75) is 19.3 Å². The zero-order valence-electron chi connectivity index (χ0n) is 19.3. The Morgan fingerprint density at radius 1 is 0.515 bits per heavy atom. The second-order valence-corrected chi connectivity index (χ2v) is 9.57. The van der Waals surface area contributed by atoms with Crippen molar-refractivity contribution < 1.29 is 0 Å². The fraction of sp³-hybridized carbons (Fsp3) is 0.125. The van der Waals surface area contributed by atoms with E-state index in [0.29, 0.717) is 0 Å². The zero-order valence-corrected chi connectivity index (χ0v) is 19.3. The predicted molar refractivity (Wildman–Crippen MR) is 141 cm³/mol. The van der Waals surface area contributed by atoms with E-state index in [4.69, 9.17) is 0 Å². The van der Waals surface area contributed by atoms with E-state index in [9.17, 15) is 0 Å². The van der Waals surface area contributed by atoms with Gasteiger partial charge in [-0.05, 0) is 74.5 Å². The molecule has 0 aromatic heterocycles. The molecule has 5 aromatic rings. The SMILES string of the molecule is CN(c1cccc(-c2ccc3ccccc3c2)c1)c1ccc2c(c1)C(C)(C)c1ccccc1-2. The van der Waals surface area contributed by atoms with Gasteiger partial charge < -0.3 is 4.90 Å². The van der Waals surface area contributed by atoms with E-state index in [1.165, 1.54) is 55.5 Å². The number of nitrogens with zero attached hydrogens (tertiary/aromatic N) is 1. The van der Waals surface area contributed by atoms with Crippen LogP contribution in [0.5, 0.6) is 0 Å². The van der Waals surface area contributed by atoms with Crippen molar-refractivity contribution in [2.24, 2.45) is 0 Å². The van der Waals surface area contributed by atoms with Gasteiger partial charge in [-0.3, -0.25) is 0 Å². The topological polar surface area (TPSA) is 3.24 Å². The highest BCUT2D eigenvalue weighted by Crippen LogP contribution is 2.49. The normalized spacial score (nSPS) is 13.5. The minimum Gasteiger partial charge on any atom is -0.345 e. The number of anilines is 2. The van der Waals surface area contributed by atoms with E-state index in [-0.39, 0.29) is 5.41 Å². The van der Waals surface area contributed by atoms with Crippen LogP contribution < -0.4 is 4.90 Å². The van der Waals surface area contributed by atoms with Crippen molar-refractivity contribution in [3.63, 3.8) is 0 Å². The average Bonchev–Trinajstić information content (AvgIpc) is 3.10. The second kappa shape index (κ2) is 7.35. The van der Waals surface area contributed by atoms with Gasteiger partial charge in [-0.1, -0.05) is 92.7 Å². The Labute approximate surface area is 195 Å². The Hall–Kier alpha value is -3.84. The van der Waals surface area contributed by atoms with E-state index in [1.54, 1.807) is 0 Å². The lowest BCUT2D eigenvalue weighted by Gasteiger charge is -2.25. The summed E-state index contributed by atoms with van der Waals surface area (Å²) in [5.74, 6) is 0. The Morgan fingerprint density at radius 2 is 1.21 bits per heavy atom. The van der Waals surface area contributed by atoms with Crippen molar-refractivity contribution in [2.75, 3.05) is 11.9 Å². The molecule has 0 amide bonds. The first kappa shape index (κ1) is 19.8. The summed E-state index contributed by atoms with van der Waals surface area (Å²) in [5, 5.41) is 2.55. The average molecular weight is 426 g/mol. The first-order chi connectivity index (χ1) is 16.0. The first-order valence-corrected chi connectivity index (χ1v) is 11.6. The molecule has 5 aromatic carbocycles. The van der Waals surface area contributed by atoms with Gasteiger partial charge >= 0.3 is 0 Å². The minimum absolute atomic E-state index is 0.00964. The molecule has 0 bridgehead atoms. The summed E-state index contributed by atoms with van der Waals surface area (Å²) in [6.45, 7) is 4.67. The van der Waals surface area contributed by atoms with Crippen molar-refractivity contribution >= 4 is 22.1 Å². The maximum absolute atomic E-state index is 2.37. The lowest BCUT2D eigenvalue weighted by atomic mass is 9.82. The molecule has 1 aliphatic rings. The third-order valence-corrected chi connectivity index (χ3v) is 7.27. The highest BCUT2D eigenvalue weighted by atomic mass is 15.1. The van der Waals surface area contributed by atoms with E-state index in [0.717, 1.165) is 0 Å². The van der Waals surface area contributed by atoms with Crippen molar-refractivity contribution in [1.29, 1.82) is 0 Å². The van der Waals surface area contributed by atoms with Gasteiger partial charge in [-0.2, -0.15) is 0 Å². The summed E-state index contributed by atoms with van der Waals surface area (Å²) in [4.78, 5) is 2.30. The molecule has 0 unspecified atom stereocenters. The van der Waals surface area contributed by atoms with E-state index < -0.39 is 0 Å². The van der Waals surface area contributed by atoms with Gasteiger partial charge in [0.2, 0.25) is 0 Å². The second-order valence-electron chi connectivity index (χ2n) is 9.57. The fourth-order valence-corrected chi connectivity index (χ4v) is 5.31. The summed E-state index contributed by atoms with van der Waals surface area (Å²) >= 11 is 0. The van der Waals surface area contributed by atoms with Crippen LogP contribution in [0.3, 0.4) is 0 Å². The Kier molecular flexibility index (Phi) is 4.41. The number of hydrogen-bond acceptors (Lipinski definition) is 1. The molecule has 160 valence electrons. The van der Waals surface area contributed by atoms with Crippen molar-refractivity contribution in [3.05, 3.63) is 120 Å². The predicted octanol–water partition coefficient (Wildman–Crippen LogP) is 8.58. The van der Waals surface area contributed by atoms with Gasteiger partial charge in [0.25, 0.3) is 0 Å². The zero-order chi connectivity index (χ0) is 22.6. The molecular formula is C32H27N. The fourth-order valence-electron chi connectivity index (χ4n) is 5.31. The molecular weight excluding hydrogens is 398 g/mol. The quantitative estimate of drug-likeness (QED) is 0.280. The van der Waals surface area contributed by atoms with Gasteiger partial charge in [0, 0.05) is 23.8 Å². The lowest BCUT2D eigenvalue weighted by molar-refractivity contribution is 0.660. The van der Waals surface area contributed by atoms with Crippen LogP contribution in [0.1, 0.15) is 25.0 Å². The van der Waals surface area contributed by atoms with Crippen LogP contribution in [0.15, 0.2) is 109 Å². The summed E-state index contributed by atoms with van der Waals surface area (Å²) in [7, 11) is 2.16.